The molecule has 0 amide bonds. The molecule has 6 aromatic rings. The molecule has 0 saturated carbocycles. The number of halogens is 12. The number of methoxy groups -OCH3 is 2. The number of aliphatic imine (C=N–C) groups is 2. The summed E-state index contributed by atoms with van der Waals surface area (Å²) in [6.45, 7) is 3.43. The Labute approximate surface area is 426 Å². The summed E-state index contributed by atoms with van der Waals surface area (Å²) in [5, 5.41) is 42.4. The molecule has 2 radical (unpaired) electrons. The van der Waals surface area contributed by atoms with Crippen molar-refractivity contribution in [3.8, 4) is 23.6 Å². The second-order valence-corrected chi connectivity index (χ2v) is 17.3. The van der Waals surface area contributed by atoms with Crippen molar-refractivity contribution in [2.45, 2.75) is 25.0 Å². The average molecular weight is 1160 g/mol. The van der Waals surface area contributed by atoms with E-state index >= 15 is 0 Å². The number of benzene rings is 2. The van der Waals surface area contributed by atoms with Gasteiger partial charge >= 0.3 is 100 Å². The molecule has 12 nitrogen and oxygen atoms in total. The van der Waals surface area contributed by atoms with E-state index in [1.54, 1.807) is 97.6 Å². The minimum Gasteiger partial charge on any atom is 2.00 e. The molecule has 4 heterocycles. The fraction of sp³-hybridized carbons (Fsp3) is 0.182. The average Bonchev–Trinajstić information content (AvgIpc) is 3.27. The quantitative estimate of drug-likeness (QED) is 0.0354. The summed E-state index contributed by atoms with van der Waals surface area (Å²) in [6.07, 6.45) is 9.69. The van der Waals surface area contributed by atoms with E-state index in [0.29, 0.717) is 45.0 Å². The van der Waals surface area contributed by atoms with Crippen LogP contribution in [0.5, 0.6) is 11.5 Å². The molecule has 6 rings (SSSR count). The summed E-state index contributed by atoms with van der Waals surface area (Å²) in [7, 11) is -18.2. The molecule has 396 valence electrons. The van der Waals surface area contributed by atoms with Gasteiger partial charge < -0.3 is 19.7 Å². The van der Waals surface area contributed by atoms with Gasteiger partial charge in [-0.25, -0.2) is 0 Å². The molecule has 0 unspecified atom stereocenters. The Morgan fingerprint density at radius 3 is 0.917 bits per heavy atom. The first-order valence-electron chi connectivity index (χ1n) is 19.4. The van der Waals surface area contributed by atoms with Crippen LogP contribution in [-0.4, -0.2) is 59.7 Å². The van der Waals surface area contributed by atoms with Crippen LogP contribution < -0.4 is 10.2 Å². The molecule has 72 heavy (non-hydrogen) atoms. The van der Waals surface area contributed by atoms with Gasteiger partial charge in [-0.2, -0.15) is 10.5 Å². The first-order valence-corrected chi connectivity index (χ1v) is 23.5. The molecular formula is C44H40Cu2F12N8O4P2. The number of para-hydroxylation sites is 2. The molecule has 2 aromatic carbocycles. The molecule has 0 atom stereocenters. The van der Waals surface area contributed by atoms with Gasteiger partial charge in [0.1, 0.15) is 0 Å². The molecule has 0 aliphatic carbocycles. The van der Waals surface area contributed by atoms with Crippen LogP contribution >= 0.6 is 15.6 Å². The number of nitriles is 2. The van der Waals surface area contributed by atoms with Gasteiger partial charge in [0.2, 0.25) is 0 Å². The van der Waals surface area contributed by atoms with Crippen LogP contribution in [0.2, 0.25) is 0 Å². The number of ether oxygens (including phenoxy) is 2. The Balaban J connectivity index is 0.00000195. The van der Waals surface area contributed by atoms with Gasteiger partial charge in [0.15, 0.2) is 11.2 Å². The van der Waals surface area contributed by atoms with Crippen molar-refractivity contribution in [2.75, 3.05) is 27.3 Å². The fourth-order valence-corrected chi connectivity index (χ4v) is 6.05. The third kappa shape index (κ3) is 23.0. The van der Waals surface area contributed by atoms with E-state index in [4.69, 9.17) is 20.0 Å². The maximum Gasteiger partial charge on any atom is 2.00 e. The summed E-state index contributed by atoms with van der Waals surface area (Å²) >= 11 is 0. The first-order chi connectivity index (χ1) is 32.3. The van der Waals surface area contributed by atoms with Gasteiger partial charge in [-0.15, -0.1) is 0 Å². The smallest absolute Gasteiger partial charge is 2.00 e. The van der Waals surface area contributed by atoms with E-state index in [1.165, 1.54) is 40.5 Å². The van der Waals surface area contributed by atoms with Gasteiger partial charge in [0.25, 0.3) is 0 Å². The zero-order chi connectivity index (χ0) is 53.0. The molecular weight excluding hydrogens is 1120 g/mol. The maximum absolute atomic E-state index is 13.9. The molecule has 0 aliphatic rings. The zero-order valence-corrected chi connectivity index (χ0v) is 41.2. The van der Waals surface area contributed by atoms with E-state index in [2.05, 4.69) is 29.9 Å². The van der Waals surface area contributed by atoms with E-state index in [1.807, 2.05) is 48.5 Å². The van der Waals surface area contributed by atoms with E-state index < -0.39 is 26.8 Å². The van der Waals surface area contributed by atoms with Crippen molar-refractivity contribution in [2.24, 2.45) is 9.98 Å². The number of pyridine rings is 4. The van der Waals surface area contributed by atoms with Crippen LogP contribution in [0, 0.1) is 22.7 Å². The number of hydrogen-bond donors (Lipinski definition) is 0. The monoisotopic (exact) mass is 1160 g/mol. The summed E-state index contributed by atoms with van der Waals surface area (Å²) in [5.74, 6) is -0.513. The normalized spacial score (nSPS) is 13.1. The van der Waals surface area contributed by atoms with Crippen molar-refractivity contribution in [1.82, 2.24) is 19.9 Å². The molecule has 4 aromatic heterocycles. The van der Waals surface area contributed by atoms with Crippen molar-refractivity contribution in [3.05, 3.63) is 179 Å². The van der Waals surface area contributed by atoms with Gasteiger partial charge in [0, 0.05) is 65.3 Å². The zero-order valence-electron chi connectivity index (χ0n) is 37.5. The summed E-state index contributed by atoms with van der Waals surface area (Å²) in [4.78, 5) is 27.1. The molecule has 28 heteroatoms. The van der Waals surface area contributed by atoms with Crippen molar-refractivity contribution in [1.29, 1.82) is 10.5 Å². The SMILES string of the molecule is CC#N.CC#N.COC(c1ccccn1)(c1ccccn1)c1cccc(C=NCCN=Cc2cccc(C(OC)(c3ccccn3)c3ccccn3)c2[O-])c1[O-].F[P-](F)(F)(F)(F)F.F[P-](F)(F)(F)(F)F.[Cu+2].[Cu+2]. The number of aromatic nitrogens is 4. The Hall–Kier alpha value is -6.06. The van der Waals surface area contributed by atoms with Gasteiger partial charge in [-0.3, -0.25) is 29.9 Å². The van der Waals surface area contributed by atoms with E-state index in [0.717, 1.165) is 0 Å². The van der Waals surface area contributed by atoms with E-state index in [9.17, 15) is 60.6 Å². The largest absolute Gasteiger partial charge is 2.00 e. The Bertz CT molecular complexity index is 2480. The molecule has 0 aliphatic heterocycles. The fourth-order valence-electron chi connectivity index (χ4n) is 6.05. The predicted octanol–water partition coefficient (Wildman–Crippen LogP) is 12.6. The Kier molecular flexibility index (Phi) is 23.4. The molecule has 0 bridgehead atoms. The summed E-state index contributed by atoms with van der Waals surface area (Å²) < 4.78 is 131. The van der Waals surface area contributed by atoms with Crippen LogP contribution in [0.1, 0.15) is 58.9 Å². The second-order valence-electron chi connectivity index (χ2n) is 13.5. The van der Waals surface area contributed by atoms with E-state index in [-0.39, 0.29) is 58.7 Å². The van der Waals surface area contributed by atoms with Crippen LogP contribution in [0.15, 0.2) is 144 Å². The molecule has 0 saturated heterocycles. The Morgan fingerprint density at radius 2 is 0.722 bits per heavy atom. The third-order valence-corrected chi connectivity index (χ3v) is 8.38. The van der Waals surface area contributed by atoms with Crippen molar-refractivity contribution >= 4 is 28.0 Å². The molecule has 0 fully saturated rings. The minimum atomic E-state index is -10.7. The molecule has 0 N–H and O–H groups in total. The predicted molar refractivity (Wildman–Crippen MR) is 237 cm³/mol. The van der Waals surface area contributed by atoms with Crippen molar-refractivity contribution < 1.29 is 104 Å². The van der Waals surface area contributed by atoms with Crippen LogP contribution in [0.3, 0.4) is 0 Å². The van der Waals surface area contributed by atoms with Crippen LogP contribution in [0.25, 0.3) is 0 Å². The molecule has 0 spiro atoms. The number of hydrogen-bond acceptors (Lipinski definition) is 12. The van der Waals surface area contributed by atoms with Crippen LogP contribution in [-0.2, 0) is 54.8 Å². The maximum atomic E-state index is 13.9. The standard InChI is InChI=1S/C40H36N6O4.2C2H3N.2Cu.2F6P/c1-49-39(33-17-3-7-21-43-33,34-18-4-8-22-44-34)31-15-11-13-29(37(31)47)27-41-25-26-42-28-30-14-12-16-32(38(30)48)40(50-2,35-19-5-9-23-45-35)36-20-6-10-24-46-36;2*1-2-3;;;2*1-7(2,3,4,5)6/h3-24,27-28,47-48H,25-26H2,1-2H3;2*1H3;;;;/q;;;2*+2;2*-1/p-2. The third-order valence-electron chi connectivity index (χ3n) is 8.38. The minimum absolute atomic E-state index is 0. The van der Waals surface area contributed by atoms with Crippen LogP contribution in [0.4, 0.5) is 50.4 Å². The topological polar surface area (TPSA) is 188 Å². The number of rotatable bonds is 13. The Morgan fingerprint density at radius 1 is 0.486 bits per heavy atom. The summed E-state index contributed by atoms with van der Waals surface area (Å²) in [6, 6.07) is 35.8. The summed E-state index contributed by atoms with van der Waals surface area (Å²) in [5.41, 5.74) is 0.980. The second kappa shape index (κ2) is 25.5. The first kappa shape index (κ1) is 65.9. The number of nitrogens with zero attached hydrogens (tertiary/aromatic N) is 8. The van der Waals surface area contributed by atoms with Gasteiger partial charge in [-0.1, -0.05) is 72.2 Å². The van der Waals surface area contributed by atoms with Crippen molar-refractivity contribution in [3.63, 3.8) is 0 Å². The van der Waals surface area contributed by atoms with Gasteiger partial charge in [0.05, 0.1) is 48.0 Å². The van der Waals surface area contributed by atoms with Gasteiger partial charge in [-0.05, 0) is 70.8 Å².